The lowest BCUT2D eigenvalue weighted by molar-refractivity contribution is 0.138. The molecular formula is C23H34BFN2O3S. The van der Waals surface area contributed by atoms with E-state index in [0.717, 1.165) is 29.0 Å². The number of hydrogen-bond donors (Lipinski definition) is 2. The summed E-state index contributed by atoms with van der Waals surface area (Å²) in [4.78, 5) is -0.367. The summed E-state index contributed by atoms with van der Waals surface area (Å²) in [6.45, 7) is 6.13. The van der Waals surface area contributed by atoms with Gasteiger partial charge >= 0.3 is 0 Å². The van der Waals surface area contributed by atoms with Crippen molar-refractivity contribution < 1.29 is 17.9 Å². The maximum atomic E-state index is 14.3. The topological polar surface area (TPSA) is 69.6 Å². The molecule has 0 fully saturated rings. The maximum Gasteiger partial charge on any atom is 0.245 e. The Balaban J connectivity index is 1.85. The van der Waals surface area contributed by atoms with E-state index < -0.39 is 21.9 Å². The number of sulfonamides is 1. The smallest absolute Gasteiger partial charge is 0.245 e. The van der Waals surface area contributed by atoms with Crippen molar-refractivity contribution in [2.24, 2.45) is 0 Å². The van der Waals surface area contributed by atoms with Crippen LogP contribution in [-0.2, 0) is 16.4 Å². The fourth-order valence-electron chi connectivity index (χ4n) is 3.46. The molecule has 0 aliphatic carbocycles. The fourth-order valence-corrected chi connectivity index (χ4v) is 4.71. The zero-order valence-electron chi connectivity index (χ0n) is 18.9. The monoisotopic (exact) mass is 448 g/mol. The van der Waals surface area contributed by atoms with E-state index in [1.807, 2.05) is 25.0 Å². The van der Waals surface area contributed by atoms with Crippen molar-refractivity contribution in [3.05, 3.63) is 59.9 Å². The summed E-state index contributed by atoms with van der Waals surface area (Å²) in [5.74, 6) is -0.765. The van der Waals surface area contributed by atoms with Crippen LogP contribution in [0.5, 0.6) is 0 Å². The molecule has 5 nitrogen and oxygen atoms in total. The van der Waals surface area contributed by atoms with Crippen LogP contribution in [-0.4, -0.2) is 56.9 Å². The van der Waals surface area contributed by atoms with E-state index in [4.69, 9.17) is 0 Å². The molecule has 2 aromatic carbocycles. The first-order valence-corrected chi connectivity index (χ1v) is 12.2. The molecule has 0 heterocycles. The normalized spacial score (nSPS) is 13.4. The quantitative estimate of drug-likeness (QED) is 0.489. The molecule has 0 unspecified atom stereocenters. The van der Waals surface area contributed by atoms with Crippen LogP contribution >= 0.6 is 0 Å². The first-order chi connectivity index (χ1) is 14.5. The summed E-state index contributed by atoms with van der Waals surface area (Å²) in [5, 5.41) is 13.7. The molecule has 0 bridgehead atoms. The lowest BCUT2D eigenvalue weighted by atomic mass is 9.73. The Morgan fingerprint density at radius 2 is 1.87 bits per heavy atom. The van der Waals surface area contributed by atoms with Crippen LogP contribution in [0.2, 0.25) is 6.82 Å². The first-order valence-electron chi connectivity index (χ1n) is 10.8. The Morgan fingerprint density at radius 1 is 1.19 bits per heavy atom. The van der Waals surface area contributed by atoms with Gasteiger partial charge < -0.3 is 10.4 Å². The van der Waals surface area contributed by atoms with E-state index in [1.54, 1.807) is 6.07 Å². The molecule has 170 valence electrons. The van der Waals surface area contributed by atoms with E-state index in [0.29, 0.717) is 7.28 Å². The van der Waals surface area contributed by atoms with Gasteiger partial charge in [-0.25, -0.2) is 12.8 Å². The van der Waals surface area contributed by atoms with Crippen molar-refractivity contribution in [3.63, 3.8) is 0 Å². The Hall–Kier alpha value is -1.74. The van der Waals surface area contributed by atoms with Crippen LogP contribution in [0.15, 0.2) is 53.4 Å². The number of nitrogens with zero attached hydrogens (tertiary/aromatic N) is 1. The van der Waals surface area contributed by atoms with E-state index in [9.17, 15) is 17.9 Å². The van der Waals surface area contributed by atoms with Crippen molar-refractivity contribution in [3.8, 4) is 0 Å². The van der Waals surface area contributed by atoms with Crippen LogP contribution in [0, 0.1) is 5.82 Å². The highest BCUT2D eigenvalue weighted by Gasteiger charge is 2.27. The predicted octanol–water partition coefficient (Wildman–Crippen LogP) is 2.31. The summed E-state index contributed by atoms with van der Waals surface area (Å²) in [6, 6.07) is 14.4. The number of aliphatic hydroxyl groups excluding tert-OH is 1. The number of likely N-dealkylation sites (N-methyl/N-ethyl adjacent to an activating group) is 1. The zero-order valence-corrected chi connectivity index (χ0v) is 19.8. The Bertz CT molecular complexity index is 939. The summed E-state index contributed by atoms with van der Waals surface area (Å²) >= 11 is 0. The minimum atomic E-state index is -4.02. The summed E-state index contributed by atoms with van der Waals surface area (Å²) < 4.78 is 40.7. The van der Waals surface area contributed by atoms with Crippen molar-refractivity contribution >= 4 is 22.8 Å². The lowest BCUT2D eigenvalue weighted by Crippen LogP contribution is -2.46. The number of aliphatic hydroxyl groups is 1. The van der Waals surface area contributed by atoms with Crippen LogP contribution in [0.25, 0.3) is 0 Å². The van der Waals surface area contributed by atoms with Crippen molar-refractivity contribution in [2.75, 3.05) is 20.1 Å². The van der Waals surface area contributed by atoms with Gasteiger partial charge in [0.1, 0.15) is 10.7 Å². The van der Waals surface area contributed by atoms with Crippen molar-refractivity contribution in [1.82, 2.24) is 9.62 Å². The number of rotatable bonds is 12. The van der Waals surface area contributed by atoms with Gasteiger partial charge in [0.2, 0.25) is 10.0 Å². The molecule has 31 heavy (non-hydrogen) atoms. The number of halogens is 1. The van der Waals surface area contributed by atoms with Gasteiger partial charge in [0.25, 0.3) is 0 Å². The van der Waals surface area contributed by atoms with Crippen molar-refractivity contribution in [1.29, 1.82) is 0 Å². The van der Waals surface area contributed by atoms with Gasteiger partial charge in [-0.05, 0) is 50.8 Å². The molecule has 0 saturated heterocycles. The third-order valence-electron chi connectivity index (χ3n) is 5.49. The highest BCUT2D eigenvalue weighted by molar-refractivity contribution is 7.89. The van der Waals surface area contributed by atoms with Crippen LogP contribution < -0.4 is 10.8 Å². The summed E-state index contributed by atoms with van der Waals surface area (Å²) in [7, 11) is -2.04. The molecule has 0 radical (unpaired) electrons. The van der Waals surface area contributed by atoms with E-state index in [-0.39, 0.29) is 23.5 Å². The molecule has 2 rings (SSSR count). The predicted molar refractivity (Wildman–Crippen MR) is 126 cm³/mol. The maximum absolute atomic E-state index is 14.3. The molecule has 0 aromatic heterocycles. The highest BCUT2D eigenvalue weighted by atomic mass is 32.2. The van der Waals surface area contributed by atoms with Crippen LogP contribution in [0.3, 0.4) is 0 Å². The van der Waals surface area contributed by atoms with Crippen molar-refractivity contribution in [2.45, 2.75) is 56.5 Å². The number of aryl methyl sites for hydroxylation is 1. The second-order valence-corrected chi connectivity index (χ2v) is 10.7. The fraction of sp³-hybridized carbons (Fsp3) is 0.478. The number of benzene rings is 2. The second kappa shape index (κ2) is 11.2. The lowest BCUT2D eigenvalue weighted by Gasteiger charge is -2.29. The third-order valence-corrected chi connectivity index (χ3v) is 7.34. The van der Waals surface area contributed by atoms with E-state index >= 15 is 0 Å². The molecular weight excluding hydrogens is 414 g/mol. The molecule has 0 aliphatic rings. The molecule has 0 amide bonds. The van der Waals surface area contributed by atoms with Gasteiger partial charge in [-0.2, -0.15) is 4.31 Å². The molecule has 0 spiro atoms. The van der Waals surface area contributed by atoms with Gasteiger partial charge in [-0.15, -0.1) is 0 Å². The van der Waals surface area contributed by atoms with E-state index in [1.165, 1.54) is 24.7 Å². The van der Waals surface area contributed by atoms with E-state index in [2.05, 4.69) is 31.3 Å². The number of nitrogens with one attached hydrogen (secondary N) is 1. The van der Waals surface area contributed by atoms with Gasteiger partial charge in [-0.1, -0.05) is 48.7 Å². The standard InChI is InChI=1S/C23H34BFN2O3S/c1-23(2,14-8-11-18-9-6-5-7-10-18)26-16-20(28)17-27(4)31(29,30)22-13-12-19(24-3)15-21(22)25/h5-7,9-10,12-13,15,20,24,26,28H,8,11,14,16-17H2,1-4H3/t20-/m1/s1. The van der Waals surface area contributed by atoms with Crippen LogP contribution in [0.4, 0.5) is 4.39 Å². The number of hydrogen-bond acceptors (Lipinski definition) is 4. The summed E-state index contributed by atoms with van der Waals surface area (Å²) in [5.41, 5.74) is 1.83. The van der Waals surface area contributed by atoms with Gasteiger partial charge in [-0.3, -0.25) is 0 Å². The average molecular weight is 448 g/mol. The summed E-state index contributed by atoms with van der Waals surface area (Å²) in [6.07, 6.45) is 1.99. The minimum absolute atomic E-state index is 0.121. The minimum Gasteiger partial charge on any atom is -0.390 e. The third kappa shape index (κ3) is 7.72. The number of β-amino-alcohol motifs (C(OH)–C–C–N with tert-alkyl or cyclic N) is 1. The molecule has 0 aliphatic heterocycles. The Morgan fingerprint density at radius 3 is 2.48 bits per heavy atom. The molecule has 2 aromatic rings. The molecule has 1 atom stereocenters. The molecule has 0 saturated carbocycles. The Labute approximate surface area is 187 Å². The highest BCUT2D eigenvalue weighted by Crippen LogP contribution is 2.18. The Kier molecular flexibility index (Phi) is 9.24. The van der Waals surface area contributed by atoms with Crippen LogP contribution in [0.1, 0.15) is 32.3 Å². The van der Waals surface area contributed by atoms with Gasteiger partial charge in [0, 0.05) is 25.7 Å². The SMILES string of the molecule is CBc1ccc(S(=O)(=O)N(C)C[C@H](O)CNC(C)(C)CCCc2ccccc2)c(F)c1. The van der Waals surface area contributed by atoms with Gasteiger partial charge in [0.15, 0.2) is 7.28 Å². The molecule has 2 N–H and O–H groups in total. The van der Waals surface area contributed by atoms with Gasteiger partial charge in [0.05, 0.1) is 6.10 Å². The average Bonchev–Trinajstić information content (AvgIpc) is 2.72. The zero-order chi connectivity index (χ0) is 23.1. The second-order valence-electron chi connectivity index (χ2n) is 8.66. The largest absolute Gasteiger partial charge is 0.390 e. The first kappa shape index (κ1) is 25.5. The molecule has 8 heteroatoms.